The van der Waals surface area contributed by atoms with E-state index in [0.717, 1.165) is 27.8 Å². The third-order valence-electron chi connectivity index (χ3n) is 7.60. The lowest BCUT2D eigenvalue weighted by atomic mass is 9.82. The van der Waals surface area contributed by atoms with E-state index in [1.165, 1.54) is 0 Å². The first-order chi connectivity index (χ1) is 17.5. The number of methoxy groups -OCH3 is 2. The monoisotopic (exact) mass is 516 g/mol. The minimum absolute atomic E-state index is 0.0231. The number of carbonyl (C=O) groups is 1. The van der Waals surface area contributed by atoms with Crippen LogP contribution in [0.4, 0.5) is 0 Å². The lowest BCUT2D eigenvalue weighted by Gasteiger charge is -2.33. The van der Waals surface area contributed by atoms with Gasteiger partial charge in [0.2, 0.25) is 11.5 Å². The molecule has 3 rings (SSSR count). The molecule has 0 saturated heterocycles. The molecule has 0 aliphatic carbocycles. The summed E-state index contributed by atoms with van der Waals surface area (Å²) in [5.41, 5.74) is 5.90. The molecule has 0 spiro atoms. The van der Waals surface area contributed by atoms with Crippen molar-refractivity contribution in [2.45, 2.75) is 67.7 Å². The van der Waals surface area contributed by atoms with Crippen molar-refractivity contribution in [3.8, 4) is 28.7 Å². The van der Waals surface area contributed by atoms with E-state index in [-0.39, 0.29) is 35.5 Å². The lowest BCUT2D eigenvalue weighted by Crippen LogP contribution is -2.22. The van der Waals surface area contributed by atoms with Gasteiger partial charge in [-0.1, -0.05) is 13.8 Å². The summed E-state index contributed by atoms with van der Waals surface area (Å²) in [5.74, 6) is 2.02. The summed E-state index contributed by atoms with van der Waals surface area (Å²) < 4.78 is 17.5. The van der Waals surface area contributed by atoms with Gasteiger partial charge in [-0.2, -0.15) is 0 Å². The third kappa shape index (κ3) is 4.63. The highest BCUT2D eigenvalue weighted by Gasteiger charge is 2.35. The molecule has 9 heteroatoms. The molecular weight excluding hydrogens is 480 g/mol. The van der Waals surface area contributed by atoms with Crippen molar-refractivity contribution < 1.29 is 44.3 Å². The second-order valence-corrected chi connectivity index (χ2v) is 9.62. The van der Waals surface area contributed by atoms with E-state index < -0.39 is 0 Å². The molecule has 2 unspecified atom stereocenters. The Morgan fingerprint density at radius 3 is 2.00 bits per heavy atom. The molecule has 0 aromatic heterocycles. The minimum atomic E-state index is -0.245. The summed E-state index contributed by atoms with van der Waals surface area (Å²) in [6.07, 6.45) is 0.215. The zero-order valence-corrected chi connectivity index (χ0v) is 23.1. The summed E-state index contributed by atoms with van der Waals surface area (Å²) in [7, 11) is 3.15. The molecular formula is C28H36O9. The summed E-state index contributed by atoms with van der Waals surface area (Å²) in [4.78, 5) is 23.1. The summed E-state index contributed by atoms with van der Waals surface area (Å²) >= 11 is 0. The zero-order valence-electron chi connectivity index (χ0n) is 23.1. The fourth-order valence-corrected chi connectivity index (χ4v) is 5.42. The first kappa shape index (κ1) is 28.3. The van der Waals surface area contributed by atoms with Crippen LogP contribution in [0.2, 0.25) is 0 Å². The van der Waals surface area contributed by atoms with E-state index in [1.54, 1.807) is 28.1 Å². The van der Waals surface area contributed by atoms with Crippen LogP contribution in [0.25, 0.3) is 0 Å². The van der Waals surface area contributed by atoms with Crippen LogP contribution >= 0.6 is 0 Å². The number of hydrogen-bond acceptors (Lipinski definition) is 9. The van der Waals surface area contributed by atoms with Crippen LogP contribution in [0, 0.1) is 40.5 Å². The Balaban J connectivity index is 2.03. The fraction of sp³-hybridized carbons (Fsp3) is 0.464. The Bertz CT molecular complexity index is 1260. The lowest BCUT2D eigenvalue weighted by molar-refractivity contribution is -0.439. The first-order valence-corrected chi connectivity index (χ1v) is 12.1. The van der Waals surface area contributed by atoms with Gasteiger partial charge in [-0.05, 0) is 63.3 Å². The molecule has 2 aromatic carbocycles. The highest BCUT2D eigenvalue weighted by Crippen LogP contribution is 2.51. The number of allylic oxidation sites excluding steroid dienone is 2. The van der Waals surface area contributed by atoms with Gasteiger partial charge in [-0.3, -0.25) is 4.79 Å². The second-order valence-electron chi connectivity index (χ2n) is 9.62. The molecule has 9 nitrogen and oxygen atoms in total. The van der Waals surface area contributed by atoms with Gasteiger partial charge in [0.1, 0.15) is 11.5 Å². The third-order valence-corrected chi connectivity index (χ3v) is 7.60. The molecule has 2 aromatic rings. The molecule has 2 atom stereocenters. The fourth-order valence-electron chi connectivity index (χ4n) is 5.42. The standard InChI is InChI=1S/C28H36O9/c1-12(11-20(29)21-13(2)16(5)25(32-9)26(33-10)17(21)6)23-15(4)14(3)22-18(7)28(36-37-31)27(35-30)19(8)24(22)34-23/h12,14,30-31H,11H2,1-10H3. The van der Waals surface area contributed by atoms with Gasteiger partial charge >= 0.3 is 0 Å². The van der Waals surface area contributed by atoms with E-state index in [0.29, 0.717) is 39.7 Å². The SMILES string of the molecule is COc1c(C)c(C)c(C(=O)CC(C)C2=C(C)C(C)c3c(C)c(OOO)c(OO)c(C)c3O2)c(C)c1OC. The van der Waals surface area contributed by atoms with Crippen LogP contribution in [0.15, 0.2) is 11.3 Å². The zero-order chi connectivity index (χ0) is 27.8. The molecule has 37 heavy (non-hydrogen) atoms. The Labute approximate surface area is 217 Å². The predicted octanol–water partition coefficient (Wildman–Crippen LogP) is 6.56. The normalized spacial score (nSPS) is 15.6. The molecule has 202 valence electrons. The van der Waals surface area contributed by atoms with Gasteiger partial charge in [0.05, 0.1) is 14.2 Å². The molecule has 0 amide bonds. The molecule has 0 fully saturated rings. The van der Waals surface area contributed by atoms with E-state index in [2.05, 4.69) is 9.93 Å². The van der Waals surface area contributed by atoms with Gasteiger partial charge < -0.3 is 24.0 Å². The van der Waals surface area contributed by atoms with Crippen LogP contribution in [0.5, 0.6) is 28.7 Å². The Morgan fingerprint density at radius 2 is 1.46 bits per heavy atom. The average Bonchev–Trinajstić information content (AvgIpc) is 2.86. The average molecular weight is 517 g/mol. The van der Waals surface area contributed by atoms with Crippen LogP contribution < -0.4 is 24.0 Å². The summed E-state index contributed by atoms with van der Waals surface area (Å²) in [6.45, 7) is 15.1. The summed E-state index contributed by atoms with van der Waals surface area (Å²) in [5, 5.41) is 22.2. The van der Waals surface area contributed by atoms with Crippen LogP contribution in [0.3, 0.4) is 0 Å². The van der Waals surface area contributed by atoms with Crippen molar-refractivity contribution in [2.24, 2.45) is 5.92 Å². The molecule has 1 aliphatic heterocycles. The molecule has 0 radical (unpaired) electrons. The Hall–Kier alpha value is -3.27. The van der Waals surface area contributed by atoms with Crippen molar-refractivity contribution in [1.29, 1.82) is 0 Å². The number of ether oxygens (including phenoxy) is 3. The number of benzene rings is 2. The maximum Gasteiger partial charge on any atom is 0.218 e. The molecule has 1 heterocycles. The molecule has 0 bridgehead atoms. The predicted molar refractivity (Wildman–Crippen MR) is 137 cm³/mol. The van der Waals surface area contributed by atoms with Gasteiger partial charge in [0.25, 0.3) is 0 Å². The van der Waals surface area contributed by atoms with Crippen molar-refractivity contribution >= 4 is 5.78 Å². The highest BCUT2D eigenvalue weighted by atomic mass is 17.5. The van der Waals surface area contributed by atoms with Crippen molar-refractivity contribution in [3.05, 3.63) is 50.3 Å². The van der Waals surface area contributed by atoms with Gasteiger partial charge in [0, 0.05) is 46.1 Å². The van der Waals surface area contributed by atoms with E-state index in [4.69, 9.17) is 24.4 Å². The van der Waals surface area contributed by atoms with Crippen molar-refractivity contribution in [2.75, 3.05) is 14.2 Å². The van der Waals surface area contributed by atoms with Crippen molar-refractivity contribution in [3.63, 3.8) is 0 Å². The number of carbonyl (C=O) groups excluding carboxylic acids is 1. The largest absolute Gasteiger partial charge is 0.493 e. The second kappa shape index (κ2) is 11.0. The van der Waals surface area contributed by atoms with Crippen LogP contribution in [-0.4, -0.2) is 30.5 Å². The molecule has 2 N–H and O–H groups in total. The Kier molecular flexibility index (Phi) is 8.42. The number of rotatable bonds is 9. The van der Waals surface area contributed by atoms with Gasteiger partial charge in [-0.15, -0.1) is 0 Å². The van der Waals surface area contributed by atoms with E-state index in [9.17, 15) is 10.1 Å². The topological polar surface area (TPSA) is 113 Å². The summed E-state index contributed by atoms with van der Waals surface area (Å²) in [6, 6.07) is 0. The van der Waals surface area contributed by atoms with Crippen LogP contribution in [0.1, 0.15) is 76.8 Å². The number of Topliss-reactive ketones (excluding diaryl/α,β-unsaturated/α-hetero) is 1. The van der Waals surface area contributed by atoms with Crippen molar-refractivity contribution in [1.82, 2.24) is 0 Å². The first-order valence-electron chi connectivity index (χ1n) is 12.1. The Morgan fingerprint density at radius 1 is 0.865 bits per heavy atom. The highest BCUT2D eigenvalue weighted by molar-refractivity contribution is 6.00. The maximum atomic E-state index is 13.6. The van der Waals surface area contributed by atoms with Gasteiger partial charge in [0.15, 0.2) is 17.3 Å². The van der Waals surface area contributed by atoms with Crippen LogP contribution in [-0.2, 0) is 5.04 Å². The quantitative estimate of drug-likeness (QED) is 0.217. The maximum absolute atomic E-state index is 13.6. The number of fused-ring (bicyclic) bond motifs is 1. The molecule has 0 saturated carbocycles. The minimum Gasteiger partial charge on any atom is -0.493 e. The van der Waals surface area contributed by atoms with E-state index >= 15 is 0 Å². The smallest absolute Gasteiger partial charge is 0.218 e. The molecule has 1 aliphatic rings. The van der Waals surface area contributed by atoms with E-state index in [1.807, 2.05) is 41.5 Å². The van der Waals surface area contributed by atoms with Gasteiger partial charge in [-0.25, -0.2) is 10.5 Å². The number of hydrogen-bond donors (Lipinski definition) is 2. The number of ketones is 1.